The van der Waals surface area contributed by atoms with Gasteiger partial charge in [-0.15, -0.1) is 0 Å². The molecule has 0 fully saturated rings. The molecule has 8 nitrogen and oxygen atoms in total. The molecule has 0 atom stereocenters. The number of carbonyl (C=O) groups excluding carboxylic acids is 1. The Balaban J connectivity index is 2.37. The zero-order valence-electron chi connectivity index (χ0n) is 16.6. The zero-order chi connectivity index (χ0) is 22.6. The van der Waals surface area contributed by atoms with Gasteiger partial charge >= 0.3 is 0 Å². The SMILES string of the molecule is COc1cc(N(S(=O)(=O)c2ccccc2)S(=O)(=O)c2ccccc2)cc(C=O)c1OC. The summed E-state index contributed by atoms with van der Waals surface area (Å²) < 4.78 is 64.6. The summed E-state index contributed by atoms with van der Waals surface area (Å²) in [5, 5.41) is 0. The van der Waals surface area contributed by atoms with E-state index in [1.807, 2.05) is 0 Å². The number of methoxy groups -OCH3 is 2. The van der Waals surface area contributed by atoms with Gasteiger partial charge in [0.1, 0.15) is 0 Å². The molecular formula is C21H19NO7S2. The summed E-state index contributed by atoms with van der Waals surface area (Å²) in [4.78, 5) is 11.1. The number of nitrogens with zero attached hydrogens (tertiary/aromatic N) is 1. The fourth-order valence-corrected chi connectivity index (χ4v) is 6.66. The molecule has 31 heavy (non-hydrogen) atoms. The third-order valence-electron chi connectivity index (χ3n) is 4.35. The fraction of sp³-hybridized carbons (Fsp3) is 0.0952. The summed E-state index contributed by atoms with van der Waals surface area (Å²) in [6.07, 6.45) is 0.424. The molecule has 0 bridgehead atoms. The maximum atomic E-state index is 13.5. The molecule has 0 heterocycles. The molecule has 3 aromatic carbocycles. The van der Waals surface area contributed by atoms with Crippen molar-refractivity contribution in [1.82, 2.24) is 0 Å². The first-order chi connectivity index (χ1) is 14.8. The van der Waals surface area contributed by atoms with Gasteiger partial charge in [0.15, 0.2) is 17.8 Å². The van der Waals surface area contributed by atoms with E-state index in [-0.39, 0.29) is 32.5 Å². The highest BCUT2D eigenvalue weighted by Crippen LogP contribution is 2.39. The Bertz CT molecular complexity index is 1220. The van der Waals surface area contributed by atoms with E-state index in [9.17, 15) is 21.6 Å². The number of rotatable bonds is 8. The highest BCUT2D eigenvalue weighted by Gasteiger charge is 2.37. The summed E-state index contributed by atoms with van der Waals surface area (Å²) in [6, 6.07) is 16.6. The van der Waals surface area contributed by atoms with Crippen LogP contribution in [-0.4, -0.2) is 37.3 Å². The minimum Gasteiger partial charge on any atom is -0.493 e. The molecule has 0 spiro atoms. The van der Waals surface area contributed by atoms with Crippen LogP contribution in [0.3, 0.4) is 0 Å². The lowest BCUT2D eigenvalue weighted by Crippen LogP contribution is -2.37. The second-order valence-electron chi connectivity index (χ2n) is 6.22. The van der Waals surface area contributed by atoms with Crippen molar-refractivity contribution in [2.45, 2.75) is 9.79 Å². The van der Waals surface area contributed by atoms with E-state index in [2.05, 4.69) is 0 Å². The van der Waals surface area contributed by atoms with Crippen LogP contribution >= 0.6 is 0 Å². The first kappa shape index (κ1) is 22.3. The van der Waals surface area contributed by atoms with Crippen molar-refractivity contribution >= 4 is 32.0 Å². The summed E-state index contributed by atoms with van der Waals surface area (Å²) in [5.74, 6) is 0.0500. The average Bonchev–Trinajstić information content (AvgIpc) is 2.79. The van der Waals surface area contributed by atoms with Crippen LogP contribution in [-0.2, 0) is 20.0 Å². The predicted molar refractivity (Wildman–Crippen MR) is 115 cm³/mol. The Kier molecular flexibility index (Phi) is 6.32. The highest BCUT2D eigenvalue weighted by molar-refractivity contribution is 8.10. The first-order valence-electron chi connectivity index (χ1n) is 8.89. The van der Waals surface area contributed by atoms with Crippen LogP contribution in [0.1, 0.15) is 10.4 Å². The largest absolute Gasteiger partial charge is 0.493 e. The van der Waals surface area contributed by atoms with Crippen LogP contribution in [0.15, 0.2) is 82.6 Å². The molecule has 0 N–H and O–H groups in total. The van der Waals surface area contributed by atoms with Gasteiger partial charge in [0, 0.05) is 6.07 Å². The Morgan fingerprint density at radius 2 is 1.23 bits per heavy atom. The molecule has 10 heteroatoms. The Morgan fingerprint density at radius 3 is 1.61 bits per heavy atom. The van der Waals surface area contributed by atoms with Gasteiger partial charge in [-0.25, -0.2) is 16.8 Å². The van der Waals surface area contributed by atoms with Gasteiger partial charge in [0.2, 0.25) is 0 Å². The second kappa shape index (κ2) is 8.78. The van der Waals surface area contributed by atoms with Gasteiger partial charge in [-0.2, -0.15) is 3.71 Å². The molecule has 0 saturated carbocycles. The topological polar surface area (TPSA) is 107 Å². The number of aldehydes is 1. The van der Waals surface area contributed by atoms with Crippen LogP contribution < -0.4 is 13.2 Å². The third-order valence-corrected chi connectivity index (χ3v) is 8.56. The molecule has 3 aromatic rings. The number of benzene rings is 3. The molecular weight excluding hydrogens is 442 g/mol. The number of hydrogen-bond donors (Lipinski definition) is 0. The fourth-order valence-electron chi connectivity index (χ4n) is 2.95. The van der Waals surface area contributed by atoms with Crippen molar-refractivity contribution in [3.05, 3.63) is 78.4 Å². The number of hydrogen-bond acceptors (Lipinski definition) is 7. The summed E-state index contributed by atoms with van der Waals surface area (Å²) >= 11 is 0. The summed E-state index contributed by atoms with van der Waals surface area (Å²) in [7, 11) is -6.59. The van der Waals surface area contributed by atoms with Gasteiger partial charge in [0.05, 0.1) is 35.3 Å². The van der Waals surface area contributed by atoms with Crippen LogP contribution in [0.4, 0.5) is 5.69 Å². The molecule has 0 unspecified atom stereocenters. The van der Waals surface area contributed by atoms with Crippen LogP contribution in [0.25, 0.3) is 0 Å². The van der Waals surface area contributed by atoms with E-state index in [1.165, 1.54) is 68.8 Å². The second-order valence-corrected chi connectivity index (χ2v) is 10.0. The molecule has 0 aromatic heterocycles. The van der Waals surface area contributed by atoms with E-state index >= 15 is 0 Å². The van der Waals surface area contributed by atoms with Crippen molar-refractivity contribution < 1.29 is 31.1 Å². The van der Waals surface area contributed by atoms with Crippen molar-refractivity contribution in [2.75, 3.05) is 17.9 Å². The Labute approximate surface area is 180 Å². The van der Waals surface area contributed by atoms with Gasteiger partial charge < -0.3 is 9.47 Å². The maximum absolute atomic E-state index is 13.5. The molecule has 0 aliphatic rings. The molecule has 0 radical (unpaired) electrons. The lowest BCUT2D eigenvalue weighted by molar-refractivity contribution is 0.112. The van der Waals surface area contributed by atoms with Gasteiger partial charge in [-0.05, 0) is 30.3 Å². The lowest BCUT2D eigenvalue weighted by Gasteiger charge is -2.25. The summed E-state index contributed by atoms with van der Waals surface area (Å²) in [6.45, 7) is 0. The van der Waals surface area contributed by atoms with Crippen LogP contribution in [0, 0.1) is 0 Å². The third kappa shape index (κ3) is 4.12. The van der Waals surface area contributed by atoms with Crippen LogP contribution in [0.5, 0.6) is 11.5 Å². The Morgan fingerprint density at radius 1 is 0.742 bits per heavy atom. The van der Waals surface area contributed by atoms with Gasteiger partial charge in [0.25, 0.3) is 20.0 Å². The highest BCUT2D eigenvalue weighted by atomic mass is 32.3. The zero-order valence-corrected chi connectivity index (χ0v) is 18.3. The smallest absolute Gasteiger partial charge is 0.277 e. The van der Waals surface area contributed by atoms with Crippen molar-refractivity contribution in [2.24, 2.45) is 0 Å². The number of sulfonamides is 2. The van der Waals surface area contributed by atoms with Crippen LogP contribution in [0.2, 0.25) is 0 Å². The Hall–Kier alpha value is -3.37. The normalized spacial score (nSPS) is 11.5. The van der Waals surface area contributed by atoms with E-state index in [4.69, 9.17) is 9.47 Å². The molecule has 0 amide bonds. The summed E-state index contributed by atoms with van der Waals surface area (Å²) in [5.41, 5.74) is -0.374. The quantitative estimate of drug-likeness (QED) is 0.475. The van der Waals surface area contributed by atoms with Crippen molar-refractivity contribution in [3.8, 4) is 11.5 Å². The predicted octanol–water partition coefficient (Wildman–Crippen LogP) is 3.10. The van der Waals surface area contributed by atoms with Crippen molar-refractivity contribution in [1.29, 1.82) is 0 Å². The number of carbonyl (C=O) groups is 1. The molecule has 0 aliphatic carbocycles. The van der Waals surface area contributed by atoms with E-state index < -0.39 is 20.0 Å². The van der Waals surface area contributed by atoms with E-state index in [1.54, 1.807) is 12.1 Å². The van der Waals surface area contributed by atoms with Gasteiger partial charge in [-0.1, -0.05) is 36.4 Å². The van der Waals surface area contributed by atoms with Gasteiger partial charge in [-0.3, -0.25) is 4.79 Å². The maximum Gasteiger partial charge on any atom is 0.277 e. The minimum atomic E-state index is -4.60. The monoisotopic (exact) mass is 461 g/mol. The lowest BCUT2D eigenvalue weighted by atomic mass is 10.2. The molecule has 0 saturated heterocycles. The number of anilines is 1. The standard InChI is InChI=1S/C21H19NO7S2/c1-28-20-14-17(13-16(15-23)21(20)29-2)22(30(24,25)18-9-5-3-6-10-18)31(26,27)19-11-7-4-8-12-19/h3-15H,1-2H3. The first-order valence-corrected chi connectivity index (χ1v) is 11.8. The number of ether oxygens (including phenoxy) is 2. The minimum absolute atomic E-state index is 0.00127. The molecule has 162 valence electrons. The molecule has 0 aliphatic heterocycles. The van der Waals surface area contributed by atoms with E-state index in [0.29, 0.717) is 10.00 Å². The van der Waals surface area contributed by atoms with E-state index in [0.717, 1.165) is 6.07 Å². The average molecular weight is 462 g/mol. The molecule has 3 rings (SSSR count). The van der Waals surface area contributed by atoms with Crippen molar-refractivity contribution in [3.63, 3.8) is 0 Å².